The summed E-state index contributed by atoms with van der Waals surface area (Å²) in [5.74, 6) is -1.60. The van der Waals surface area contributed by atoms with E-state index in [4.69, 9.17) is 4.74 Å². The molecule has 2 N–H and O–H groups in total. The van der Waals surface area contributed by atoms with Gasteiger partial charge in [0.25, 0.3) is 5.91 Å². The number of hydrogen-bond acceptors (Lipinski definition) is 6. The van der Waals surface area contributed by atoms with Gasteiger partial charge in [0.05, 0.1) is 26.7 Å². The number of hydrogen-bond donors (Lipinski definition) is 2. The van der Waals surface area contributed by atoms with Crippen LogP contribution in [-0.2, 0) is 19.6 Å². The van der Waals surface area contributed by atoms with Crippen molar-refractivity contribution in [2.75, 3.05) is 14.2 Å². The number of carbonyl (C=O) groups excluding carboxylic acids is 2. The fourth-order valence-electron chi connectivity index (χ4n) is 2.92. The average Bonchev–Trinajstić information content (AvgIpc) is 2.71. The Labute approximate surface area is 187 Å². The highest BCUT2D eigenvalue weighted by molar-refractivity contribution is 7.89. The minimum Gasteiger partial charge on any atom is -0.495 e. The first-order valence-corrected chi connectivity index (χ1v) is 11.2. The first kappa shape index (κ1) is 25.3. The third-order valence-corrected chi connectivity index (χ3v) is 6.11. The predicted octanol–water partition coefficient (Wildman–Crippen LogP) is 2.95. The van der Waals surface area contributed by atoms with Gasteiger partial charge in [-0.2, -0.15) is 0 Å². The molecule has 0 saturated heterocycles. The smallest absolute Gasteiger partial charge is 0.307 e. The van der Waals surface area contributed by atoms with E-state index < -0.39 is 39.3 Å². The Morgan fingerprint density at radius 3 is 2.22 bits per heavy atom. The van der Waals surface area contributed by atoms with Crippen molar-refractivity contribution in [2.24, 2.45) is 0 Å². The normalized spacial score (nSPS) is 12.7. The summed E-state index contributed by atoms with van der Waals surface area (Å²) in [5.41, 5.74) is -0.228. The SMILES string of the molecule is COC(=O)CC(NC(=O)c1ccc(OC)c(S(=O)(=O)NC(C)(C)C)c1)c1ccc(F)cc1. The summed E-state index contributed by atoms with van der Waals surface area (Å²) < 4.78 is 51.4. The summed E-state index contributed by atoms with van der Waals surface area (Å²) in [6.45, 7) is 5.06. The minimum absolute atomic E-state index is 0.0389. The van der Waals surface area contributed by atoms with Crippen LogP contribution in [0.4, 0.5) is 4.39 Å². The Morgan fingerprint density at radius 2 is 1.69 bits per heavy atom. The van der Waals surface area contributed by atoms with Crippen LogP contribution in [-0.4, -0.2) is 40.1 Å². The Bertz CT molecular complexity index is 1080. The van der Waals surface area contributed by atoms with Crippen molar-refractivity contribution in [3.8, 4) is 5.75 Å². The second kappa shape index (κ2) is 10.1. The largest absolute Gasteiger partial charge is 0.495 e. The van der Waals surface area contributed by atoms with Gasteiger partial charge in [-0.3, -0.25) is 9.59 Å². The molecule has 8 nitrogen and oxygen atoms in total. The third-order valence-electron chi connectivity index (χ3n) is 4.33. The topological polar surface area (TPSA) is 111 Å². The van der Waals surface area contributed by atoms with Crippen LogP contribution in [0.3, 0.4) is 0 Å². The van der Waals surface area contributed by atoms with Crippen LogP contribution >= 0.6 is 0 Å². The van der Waals surface area contributed by atoms with Gasteiger partial charge in [0.1, 0.15) is 16.5 Å². The van der Waals surface area contributed by atoms with Crippen molar-refractivity contribution in [2.45, 2.75) is 43.7 Å². The van der Waals surface area contributed by atoms with Gasteiger partial charge in [0.15, 0.2) is 0 Å². The molecule has 0 bridgehead atoms. The van der Waals surface area contributed by atoms with E-state index in [1.54, 1.807) is 20.8 Å². The van der Waals surface area contributed by atoms with E-state index in [2.05, 4.69) is 14.8 Å². The van der Waals surface area contributed by atoms with Crippen LogP contribution < -0.4 is 14.8 Å². The van der Waals surface area contributed by atoms with Gasteiger partial charge in [-0.15, -0.1) is 0 Å². The number of nitrogens with one attached hydrogen (secondary N) is 2. The Kier molecular flexibility index (Phi) is 7.97. The zero-order valence-electron chi connectivity index (χ0n) is 18.6. The van der Waals surface area contributed by atoms with E-state index >= 15 is 0 Å². The summed E-state index contributed by atoms with van der Waals surface area (Å²) in [6.07, 6.45) is -0.194. The maximum absolute atomic E-state index is 13.3. The Balaban J connectivity index is 2.39. The molecule has 174 valence electrons. The quantitative estimate of drug-likeness (QED) is 0.579. The molecular weight excluding hydrogens is 439 g/mol. The van der Waals surface area contributed by atoms with Crippen molar-refractivity contribution >= 4 is 21.9 Å². The summed E-state index contributed by atoms with van der Waals surface area (Å²) in [4.78, 5) is 24.6. The molecule has 0 fully saturated rings. The molecule has 0 spiro atoms. The van der Waals surface area contributed by atoms with Crippen LogP contribution in [0.5, 0.6) is 5.75 Å². The van der Waals surface area contributed by atoms with E-state index in [1.807, 2.05) is 0 Å². The molecule has 2 aromatic carbocycles. The van der Waals surface area contributed by atoms with Crippen molar-refractivity contribution in [1.29, 1.82) is 0 Å². The van der Waals surface area contributed by atoms with E-state index in [0.29, 0.717) is 5.56 Å². The van der Waals surface area contributed by atoms with Crippen LogP contribution in [0.2, 0.25) is 0 Å². The minimum atomic E-state index is -4.00. The standard InChI is InChI=1S/C22H27FN2O6S/c1-22(2,3)25-32(28,29)19-12-15(8-11-18(19)30-4)21(27)24-17(13-20(26)31-5)14-6-9-16(23)10-7-14/h6-12,17,25H,13H2,1-5H3,(H,24,27). The number of esters is 1. The van der Waals surface area contributed by atoms with Crippen molar-refractivity contribution in [1.82, 2.24) is 10.0 Å². The first-order chi connectivity index (χ1) is 14.9. The number of benzene rings is 2. The number of carbonyl (C=O) groups is 2. The maximum Gasteiger partial charge on any atom is 0.307 e. The van der Waals surface area contributed by atoms with Gasteiger partial charge in [-0.05, 0) is 56.7 Å². The lowest BCUT2D eigenvalue weighted by molar-refractivity contribution is -0.141. The molecular formula is C22H27FN2O6S. The van der Waals surface area contributed by atoms with E-state index in [-0.39, 0.29) is 22.6 Å². The second-order valence-corrected chi connectivity index (χ2v) is 9.73. The summed E-state index contributed by atoms with van der Waals surface area (Å²) >= 11 is 0. The molecule has 0 radical (unpaired) electrons. The predicted molar refractivity (Wildman–Crippen MR) is 116 cm³/mol. The van der Waals surface area contributed by atoms with E-state index in [9.17, 15) is 22.4 Å². The highest BCUT2D eigenvalue weighted by Crippen LogP contribution is 2.27. The average molecular weight is 467 g/mol. The van der Waals surface area contributed by atoms with Crippen molar-refractivity contribution in [3.05, 3.63) is 59.4 Å². The molecule has 32 heavy (non-hydrogen) atoms. The van der Waals surface area contributed by atoms with Crippen LogP contribution in [0.15, 0.2) is 47.4 Å². The number of rotatable bonds is 8. The fourth-order valence-corrected chi connectivity index (χ4v) is 4.54. The molecule has 0 aliphatic carbocycles. The molecule has 0 heterocycles. The van der Waals surface area contributed by atoms with Crippen LogP contribution in [0.1, 0.15) is 49.2 Å². The molecule has 10 heteroatoms. The van der Waals surface area contributed by atoms with Gasteiger partial charge in [-0.1, -0.05) is 12.1 Å². The van der Waals surface area contributed by atoms with Gasteiger partial charge in [0.2, 0.25) is 10.0 Å². The van der Waals surface area contributed by atoms with Crippen molar-refractivity contribution < 1.29 is 31.9 Å². The molecule has 2 aromatic rings. The Morgan fingerprint density at radius 1 is 1.06 bits per heavy atom. The Hall–Kier alpha value is -2.98. The van der Waals surface area contributed by atoms with E-state index in [0.717, 1.165) is 0 Å². The highest BCUT2D eigenvalue weighted by Gasteiger charge is 2.27. The zero-order chi connectivity index (χ0) is 24.1. The lowest BCUT2D eigenvalue weighted by Gasteiger charge is -2.22. The second-order valence-electron chi connectivity index (χ2n) is 8.08. The lowest BCUT2D eigenvalue weighted by Crippen LogP contribution is -2.40. The highest BCUT2D eigenvalue weighted by atomic mass is 32.2. The summed E-state index contributed by atoms with van der Waals surface area (Å²) in [6, 6.07) is 8.47. The number of methoxy groups -OCH3 is 2. The monoisotopic (exact) mass is 466 g/mol. The maximum atomic E-state index is 13.3. The number of ether oxygens (including phenoxy) is 2. The molecule has 1 atom stereocenters. The van der Waals surface area contributed by atoms with E-state index in [1.165, 1.54) is 56.7 Å². The molecule has 0 saturated carbocycles. The van der Waals surface area contributed by atoms with Gasteiger partial charge in [-0.25, -0.2) is 17.5 Å². The molecule has 1 unspecified atom stereocenters. The van der Waals surface area contributed by atoms with Gasteiger partial charge in [0, 0.05) is 11.1 Å². The molecule has 0 aliphatic rings. The molecule has 0 aliphatic heterocycles. The number of halogens is 1. The first-order valence-electron chi connectivity index (χ1n) is 9.71. The molecule has 0 aromatic heterocycles. The van der Waals surface area contributed by atoms with Crippen LogP contribution in [0.25, 0.3) is 0 Å². The van der Waals surface area contributed by atoms with Crippen LogP contribution in [0, 0.1) is 5.82 Å². The molecule has 2 rings (SSSR count). The number of amides is 1. The lowest BCUT2D eigenvalue weighted by atomic mass is 10.0. The zero-order valence-corrected chi connectivity index (χ0v) is 19.4. The van der Waals surface area contributed by atoms with Gasteiger partial charge >= 0.3 is 5.97 Å². The molecule has 1 amide bonds. The summed E-state index contributed by atoms with van der Waals surface area (Å²) in [7, 11) is -1.45. The number of sulfonamides is 1. The third kappa shape index (κ3) is 6.76. The fraction of sp³-hybridized carbons (Fsp3) is 0.364. The summed E-state index contributed by atoms with van der Waals surface area (Å²) in [5, 5.41) is 2.68. The van der Waals surface area contributed by atoms with Crippen molar-refractivity contribution in [3.63, 3.8) is 0 Å². The van der Waals surface area contributed by atoms with Gasteiger partial charge < -0.3 is 14.8 Å².